The molecule has 2 aliphatic rings. The molecule has 26 heavy (non-hydrogen) atoms. The van der Waals surface area contributed by atoms with Gasteiger partial charge in [-0.3, -0.25) is 0 Å². The third-order valence-corrected chi connectivity index (χ3v) is 4.47. The molecule has 3 heterocycles. The highest BCUT2D eigenvalue weighted by atomic mass is 16.5. The minimum absolute atomic E-state index is 0.204. The van der Waals surface area contributed by atoms with Gasteiger partial charge in [-0.25, -0.2) is 15.0 Å². The number of rotatable bonds is 6. The fourth-order valence-electron chi connectivity index (χ4n) is 3.13. The van der Waals surface area contributed by atoms with Crippen molar-refractivity contribution in [3.8, 4) is 5.75 Å². The van der Waals surface area contributed by atoms with Crippen LogP contribution in [0.2, 0.25) is 0 Å². The molecule has 0 amide bonds. The van der Waals surface area contributed by atoms with Gasteiger partial charge in [0.1, 0.15) is 24.5 Å². The van der Waals surface area contributed by atoms with E-state index in [1.165, 1.54) is 0 Å². The van der Waals surface area contributed by atoms with Crippen LogP contribution in [0.3, 0.4) is 0 Å². The first-order valence-electron chi connectivity index (χ1n) is 8.78. The lowest BCUT2D eigenvalue weighted by atomic mass is 9.99. The molecule has 1 atom stereocenters. The quantitative estimate of drug-likeness (QED) is 0.632. The van der Waals surface area contributed by atoms with Crippen molar-refractivity contribution in [2.75, 3.05) is 44.9 Å². The molecule has 4 rings (SSSR count). The van der Waals surface area contributed by atoms with Gasteiger partial charge in [-0.05, 0) is 25.1 Å². The van der Waals surface area contributed by atoms with Crippen LogP contribution >= 0.6 is 0 Å². The van der Waals surface area contributed by atoms with Crippen molar-refractivity contribution in [3.05, 3.63) is 41.9 Å². The predicted molar refractivity (Wildman–Crippen MR) is 98.8 cm³/mol. The van der Waals surface area contributed by atoms with Crippen LogP contribution in [0.25, 0.3) is 0 Å². The molecule has 0 aliphatic carbocycles. The van der Waals surface area contributed by atoms with Crippen molar-refractivity contribution >= 4 is 17.2 Å². The molecular formula is C19H22N4O3. The number of aromatic nitrogens is 2. The highest BCUT2D eigenvalue weighted by molar-refractivity contribution is 6.21. The molecule has 7 nitrogen and oxygen atoms in total. The van der Waals surface area contributed by atoms with Crippen LogP contribution in [0, 0.1) is 0 Å². The van der Waals surface area contributed by atoms with Gasteiger partial charge in [0, 0.05) is 31.8 Å². The van der Waals surface area contributed by atoms with Crippen LogP contribution in [0.5, 0.6) is 5.75 Å². The van der Waals surface area contributed by atoms with Crippen LogP contribution < -0.4 is 9.64 Å². The summed E-state index contributed by atoms with van der Waals surface area (Å²) in [6.07, 6.45) is 1.81. The topological polar surface area (TPSA) is 69.1 Å². The van der Waals surface area contributed by atoms with Crippen LogP contribution in [-0.4, -0.2) is 61.8 Å². The second-order valence-electron chi connectivity index (χ2n) is 6.37. The Hall–Kier alpha value is -2.51. The molecular weight excluding hydrogens is 332 g/mol. The Balaban J connectivity index is 1.52. The SMILES string of the molecule is COCCOc1ccc2c(c1)C(c1cc(N3CCOC(C)C3)ncn1)=N2. The molecule has 136 valence electrons. The number of aliphatic imine (C=N–C) groups is 1. The number of morpholine rings is 1. The van der Waals surface area contributed by atoms with E-state index in [1.807, 2.05) is 24.3 Å². The van der Waals surface area contributed by atoms with Gasteiger partial charge in [-0.2, -0.15) is 0 Å². The van der Waals surface area contributed by atoms with Crippen molar-refractivity contribution in [1.82, 2.24) is 9.97 Å². The number of anilines is 1. The van der Waals surface area contributed by atoms with E-state index in [1.54, 1.807) is 13.4 Å². The van der Waals surface area contributed by atoms with Crippen molar-refractivity contribution < 1.29 is 14.2 Å². The summed E-state index contributed by atoms with van der Waals surface area (Å²) in [5, 5.41) is 0. The second-order valence-corrected chi connectivity index (χ2v) is 6.37. The fourth-order valence-corrected chi connectivity index (χ4v) is 3.13. The normalized spacial score (nSPS) is 18.8. The third kappa shape index (κ3) is 3.40. The van der Waals surface area contributed by atoms with Crippen LogP contribution in [0.15, 0.2) is 35.6 Å². The average Bonchev–Trinajstić information content (AvgIpc) is 2.64. The summed E-state index contributed by atoms with van der Waals surface area (Å²) in [7, 11) is 1.66. The summed E-state index contributed by atoms with van der Waals surface area (Å²) in [5.74, 6) is 1.72. The van der Waals surface area contributed by atoms with Gasteiger partial charge in [0.05, 0.1) is 36.4 Å². The Bertz CT molecular complexity index is 824. The highest BCUT2D eigenvalue weighted by Gasteiger charge is 2.24. The number of nitrogens with zero attached hydrogens (tertiary/aromatic N) is 4. The molecule has 2 aromatic rings. The van der Waals surface area contributed by atoms with E-state index >= 15 is 0 Å². The largest absolute Gasteiger partial charge is 0.491 e. The van der Waals surface area contributed by atoms with Crippen molar-refractivity contribution in [2.24, 2.45) is 4.99 Å². The Morgan fingerprint density at radius 1 is 1.23 bits per heavy atom. The van der Waals surface area contributed by atoms with E-state index in [-0.39, 0.29) is 6.10 Å². The Morgan fingerprint density at radius 3 is 3.00 bits per heavy atom. The molecule has 1 unspecified atom stereocenters. The first-order chi connectivity index (χ1) is 12.7. The van der Waals surface area contributed by atoms with Gasteiger partial charge in [0.2, 0.25) is 0 Å². The zero-order valence-corrected chi connectivity index (χ0v) is 15.0. The van der Waals surface area contributed by atoms with E-state index in [9.17, 15) is 0 Å². The Labute approximate surface area is 152 Å². The van der Waals surface area contributed by atoms with Crippen LogP contribution in [-0.2, 0) is 9.47 Å². The van der Waals surface area contributed by atoms with Gasteiger partial charge in [0.25, 0.3) is 0 Å². The highest BCUT2D eigenvalue weighted by Crippen LogP contribution is 2.35. The fraction of sp³-hybridized carbons (Fsp3) is 0.421. The van der Waals surface area contributed by atoms with Gasteiger partial charge >= 0.3 is 0 Å². The number of fused-ring (bicyclic) bond motifs is 1. The Morgan fingerprint density at radius 2 is 2.15 bits per heavy atom. The standard InChI is InChI=1S/C19H22N4O3/c1-13-11-23(5-6-25-13)18-10-17(20-12-21-18)19-15-9-14(26-8-7-24-2)3-4-16(15)22-19/h3-4,9-10,12-13H,5-8,11H2,1-2H3. The van der Waals surface area contributed by atoms with E-state index in [4.69, 9.17) is 14.2 Å². The number of hydrogen-bond acceptors (Lipinski definition) is 7. The van der Waals surface area contributed by atoms with Gasteiger partial charge < -0.3 is 19.1 Å². The number of methoxy groups -OCH3 is 1. The molecule has 0 spiro atoms. The van der Waals surface area contributed by atoms with Gasteiger partial charge in [0.15, 0.2) is 0 Å². The lowest BCUT2D eigenvalue weighted by molar-refractivity contribution is 0.0529. The molecule has 0 N–H and O–H groups in total. The zero-order valence-electron chi connectivity index (χ0n) is 15.0. The first-order valence-corrected chi connectivity index (χ1v) is 8.78. The molecule has 1 fully saturated rings. The van der Waals surface area contributed by atoms with Crippen molar-refractivity contribution in [1.29, 1.82) is 0 Å². The maximum atomic E-state index is 5.70. The summed E-state index contributed by atoms with van der Waals surface area (Å²) in [5.41, 5.74) is 3.72. The number of benzene rings is 1. The maximum Gasteiger partial charge on any atom is 0.132 e. The first kappa shape index (κ1) is 16.9. The minimum atomic E-state index is 0.204. The van der Waals surface area contributed by atoms with Crippen molar-refractivity contribution in [2.45, 2.75) is 13.0 Å². The third-order valence-electron chi connectivity index (χ3n) is 4.47. The zero-order chi connectivity index (χ0) is 17.9. The smallest absolute Gasteiger partial charge is 0.132 e. The van der Waals surface area contributed by atoms with Crippen LogP contribution in [0.4, 0.5) is 11.5 Å². The van der Waals surface area contributed by atoms with E-state index in [2.05, 4.69) is 26.8 Å². The molecule has 0 radical (unpaired) electrons. The lowest BCUT2D eigenvalue weighted by Crippen LogP contribution is -2.41. The van der Waals surface area contributed by atoms with Gasteiger partial charge in [-0.1, -0.05) is 0 Å². The summed E-state index contributed by atoms with van der Waals surface area (Å²) >= 11 is 0. The van der Waals surface area contributed by atoms with Gasteiger partial charge in [-0.15, -0.1) is 0 Å². The second kappa shape index (κ2) is 7.39. The van der Waals surface area contributed by atoms with E-state index in [0.717, 1.165) is 47.3 Å². The minimum Gasteiger partial charge on any atom is -0.491 e. The average molecular weight is 354 g/mol. The molecule has 2 aliphatic heterocycles. The molecule has 1 aromatic carbocycles. The molecule has 0 bridgehead atoms. The summed E-state index contributed by atoms with van der Waals surface area (Å²) in [6.45, 7) is 5.54. The maximum absolute atomic E-state index is 5.70. The monoisotopic (exact) mass is 354 g/mol. The summed E-state index contributed by atoms with van der Waals surface area (Å²) in [4.78, 5) is 15.7. The van der Waals surface area contributed by atoms with Crippen LogP contribution in [0.1, 0.15) is 18.2 Å². The summed E-state index contributed by atoms with van der Waals surface area (Å²) < 4.78 is 16.3. The summed E-state index contributed by atoms with van der Waals surface area (Å²) in [6, 6.07) is 7.90. The lowest BCUT2D eigenvalue weighted by Gasteiger charge is -2.32. The van der Waals surface area contributed by atoms with E-state index in [0.29, 0.717) is 19.8 Å². The Kier molecular flexibility index (Phi) is 4.81. The molecule has 7 heteroatoms. The molecule has 1 saturated heterocycles. The van der Waals surface area contributed by atoms with Crippen molar-refractivity contribution in [3.63, 3.8) is 0 Å². The predicted octanol–water partition coefficient (Wildman–Crippen LogP) is 2.21. The number of hydrogen-bond donors (Lipinski definition) is 0. The number of ether oxygens (including phenoxy) is 3. The molecule has 1 aromatic heterocycles. The molecule has 0 saturated carbocycles. The van der Waals surface area contributed by atoms with E-state index < -0.39 is 0 Å².